The van der Waals surface area contributed by atoms with Crippen molar-refractivity contribution in [3.8, 4) is 5.75 Å². The van der Waals surface area contributed by atoms with E-state index in [0.29, 0.717) is 23.7 Å². The average molecular weight is 600 g/mol. The fraction of sp³-hybridized carbons (Fsp3) is 0.355. The maximum absolute atomic E-state index is 14.1. The van der Waals surface area contributed by atoms with Crippen molar-refractivity contribution in [2.75, 3.05) is 24.5 Å². The summed E-state index contributed by atoms with van der Waals surface area (Å²) in [5.74, 6) is -0.138. The molecule has 0 aliphatic rings. The number of nitrogens with one attached hydrogen (secondary N) is 1. The van der Waals surface area contributed by atoms with Gasteiger partial charge in [0.1, 0.15) is 18.3 Å². The molecule has 0 aliphatic carbocycles. The molecule has 10 heteroatoms. The average Bonchev–Trinajstić information content (AvgIpc) is 2.98. The number of hydrogen-bond acceptors (Lipinski definition) is 5. The lowest BCUT2D eigenvalue weighted by Crippen LogP contribution is -2.52. The van der Waals surface area contributed by atoms with E-state index in [1.54, 1.807) is 49.6 Å². The van der Waals surface area contributed by atoms with Crippen molar-refractivity contribution in [3.05, 3.63) is 88.9 Å². The van der Waals surface area contributed by atoms with Gasteiger partial charge in [-0.25, -0.2) is 8.42 Å². The minimum Gasteiger partial charge on any atom is -0.497 e. The van der Waals surface area contributed by atoms with Crippen LogP contribution in [-0.4, -0.2) is 51.4 Å². The third kappa shape index (κ3) is 8.24. The fourth-order valence-electron chi connectivity index (χ4n) is 4.34. The molecule has 1 unspecified atom stereocenters. The Morgan fingerprint density at radius 1 is 1.00 bits per heavy atom. The number of carbonyl (C=O) groups is 2. The first kappa shape index (κ1) is 32.0. The van der Waals surface area contributed by atoms with Gasteiger partial charge in [0.25, 0.3) is 10.0 Å². The molecule has 0 aliphatic heterocycles. The van der Waals surface area contributed by atoms with Gasteiger partial charge in [0, 0.05) is 18.1 Å². The molecule has 0 radical (unpaired) electrons. The normalized spacial score (nSPS) is 11.9. The molecule has 0 fully saturated rings. The molecular weight excluding hydrogens is 562 g/mol. The predicted octanol–water partition coefficient (Wildman–Crippen LogP) is 5.58. The lowest BCUT2D eigenvalue weighted by Gasteiger charge is -2.33. The third-order valence-electron chi connectivity index (χ3n) is 6.78. The number of carbonyl (C=O) groups excluding carboxylic acids is 2. The van der Waals surface area contributed by atoms with Gasteiger partial charge in [-0.05, 0) is 67.3 Å². The number of methoxy groups -OCH3 is 1. The molecule has 0 spiro atoms. The van der Waals surface area contributed by atoms with E-state index in [1.165, 1.54) is 23.1 Å². The number of amides is 2. The van der Waals surface area contributed by atoms with Crippen molar-refractivity contribution in [2.45, 2.75) is 57.5 Å². The highest BCUT2D eigenvalue weighted by atomic mass is 35.5. The van der Waals surface area contributed by atoms with Gasteiger partial charge in [0.05, 0.1) is 17.7 Å². The zero-order valence-corrected chi connectivity index (χ0v) is 25.5. The molecule has 0 aromatic heterocycles. The summed E-state index contributed by atoms with van der Waals surface area (Å²) in [6, 6.07) is 19.2. The van der Waals surface area contributed by atoms with E-state index in [2.05, 4.69) is 5.32 Å². The summed E-state index contributed by atoms with van der Waals surface area (Å²) < 4.78 is 34.1. The van der Waals surface area contributed by atoms with Gasteiger partial charge in [0.15, 0.2) is 0 Å². The standard InChI is InChI=1S/C31H38ClN3O5S/c1-5-7-19-33-31(37)29(6-2)34(21-24-14-17-26(40-4)18-15-24)30(36)22-35(25-16-13-23(3)28(32)20-25)41(38,39)27-11-9-8-10-12-27/h8-18,20,29H,5-7,19,21-22H2,1-4H3,(H,33,37). The van der Waals surface area contributed by atoms with Gasteiger partial charge < -0.3 is 15.0 Å². The number of anilines is 1. The molecule has 2 amide bonds. The molecule has 3 rings (SSSR count). The van der Waals surface area contributed by atoms with Crippen molar-refractivity contribution >= 4 is 39.1 Å². The Hall–Kier alpha value is -3.56. The Morgan fingerprint density at radius 3 is 2.27 bits per heavy atom. The second-order valence-corrected chi connectivity index (χ2v) is 12.0. The highest BCUT2D eigenvalue weighted by Gasteiger charge is 2.33. The lowest BCUT2D eigenvalue weighted by molar-refractivity contribution is -0.140. The molecule has 0 saturated carbocycles. The number of rotatable bonds is 14. The van der Waals surface area contributed by atoms with Crippen LogP contribution in [-0.2, 0) is 26.2 Å². The van der Waals surface area contributed by atoms with Crippen LogP contribution in [0.25, 0.3) is 0 Å². The second kappa shape index (κ2) is 14.9. The van der Waals surface area contributed by atoms with Crippen LogP contribution in [0.3, 0.4) is 0 Å². The summed E-state index contributed by atoms with van der Waals surface area (Å²) in [4.78, 5) is 28.9. The van der Waals surface area contributed by atoms with Crippen LogP contribution < -0.4 is 14.4 Å². The van der Waals surface area contributed by atoms with E-state index >= 15 is 0 Å². The van der Waals surface area contributed by atoms with Crippen LogP contribution in [0.15, 0.2) is 77.7 Å². The number of unbranched alkanes of at least 4 members (excludes halogenated alkanes) is 1. The van der Waals surface area contributed by atoms with Crippen LogP contribution in [0, 0.1) is 6.92 Å². The maximum atomic E-state index is 14.1. The summed E-state index contributed by atoms with van der Waals surface area (Å²) in [7, 11) is -2.59. The molecule has 3 aromatic carbocycles. The van der Waals surface area contributed by atoms with Crippen LogP contribution in [0.2, 0.25) is 5.02 Å². The predicted molar refractivity (Wildman–Crippen MR) is 163 cm³/mol. The third-order valence-corrected chi connectivity index (χ3v) is 8.98. The number of halogens is 1. The molecule has 8 nitrogen and oxygen atoms in total. The number of nitrogens with zero attached hydrogens (tertiary/aromatic N) is 2. The molecule has 1 N–H and O–H groups in total. The van der Waals surface area contributed by atoms with E-state index in [1.807, 2.05) is 32.9 Å². The number of ether oxygens (including phenoxy) is 1. The van der Waals surface area contributed by atoms with Gasteiger partial charge in [-0.3, -0.25) is 13.9 Å². The molecule has 1 atom stereocenters. The molecule has 41 heavy (non-hydrogen) atoms. The summed E-state index contributed by atoms with van der Waals surface area (Å²) in [5, 5.41) is 3.30. The number of hydrogen-bond donors (Lipinski definition) is 1. The van der Waals surface area contributed by atoms with Crippen LogP contribution in [0.4, 0.5) is 5.69 Å². The molecule has 0 bridgehead atoms. The number of sulfonamides is 1. The van der Waals surface area contributed by atoms with Crippen LogP contribution in [0.1, 0.15) is 44.2 Å². The fourth-order valence-corrected chi connectivity index (χ4v) is 5.94. The van der Waals surface area contributed by atoms with Crippen molar-refractivity contribution in [3.63, 3.8) is 0 Å². The first-order chi connectivity index (χ1) is 19.6. The molecular formula is C31H38ClN3O5S. The Bertz CT molecular complexity index is 1420. The zero-order valence-electron chi connectivity index (χ0n) is 24.0. The Morgan fingerprint density at radius 2 is 1.68 bits per heavy atom. The SMILES string of the molecule is CCCCNC(=O)C(CC)N(Cc1ccc(OC)cc1)C(=O)CN(c1ccc(C)c(Cl)c1)S(=O)(=O)c1ccccc1. The Kier molecular flexibility index (Phi) is 11.6. The number of aryl methyl sites for hydroxylation is 1. The lowest BCUT2D eigenvalue weighted by atomic mass is 10.1. The smallest absolute Gasteiger partial charge is 0.264 e. The largest absolute Gasteiger partial charge is 0.497 e. The van der Waals surface area contributed by atoms with Crippen LogP contribution >= 0.6 is 11.6 Å². The van der Waals surface area contributed by atoms with E-state index in [0.717, 1.165) is 28.3 Å². The quantitative estimate of drug-likeness (QED) is 0.244. The number of benzene rings is 3. The Labute approximate surface area is 248 Å². The van der Waals surface area contributed by atoms with Gasteiger partial charge in [-0.2, -0.15) is 0 Å². The molecule has 3 aromatic rings. The van der Waals surface area contributed by atoms with Gasteiger partial charge >= 0.3 is 0 Å². The molecule has 220 valence electrons. The van der Waals surface area contributed by atoms with E-state index < -0.39 is 28.5 Å². The first-order valence-corrected chi connectivity index (χ1v) is 15.5. The maximum Gasteiger partial charge on any atom is 0.264 e. The summed E-state index contributed by atoms with van der Waals surface area (Å²) in [6.07, 6.45) is 2.07. The molecule has 0 saturated heterocycles. The Balaban J connectivity index is 2.04. The summed E-state index contributed by atoms with van der Waals surface area (Å²) in [6.45, 7) is 5.75. The minimum absolute atomic E-state index is 0.0375. The first-order valence-electron chi connectivity index (χ1n) is 13.7. The van der Waals surface area contributed by atoms with E-state index in [-0.39, 0.29) is 23.0 Å². The minimum atomic E-state index is -4.15. The van der Waals surface area contributed by atoms with Gasteiger partial charge in [-0.15, -0.1) is 0 Å². The molecule has 0 heterocycles. The highest BCUT2D eigenvalue weighted by Crippen LogP contribution is 2.29. The highest BCUT2D eigenvalue weighted by molar-refractivity contribution is 7.92. The second-order valence-electron chi connectivity index (χ2n) is 9.70. The van der Waals surface area contributed by atoms with Crippen molar-refractivity contribution < 1.29 is 22.7 Å². The van der Waals surface area contributed by atoms with Crippen molar-refractivity contribution in [1.29, 1.82) is 0 Å². The van der Waals surface area contributed by atoms with E-state index in [4.69, 9.17) is 16.3 Å². The van der Waals surface area contributed by atoms with Crippen molar-refractivity contribution in [1.82, 2.24) is 10.2 Å². The van der Waals surface area contributed by atoms with Crippen molar-refractivity contribution in [2.24, 2.45) is 0 Å². The summed E-state index contributed by atoms with van der Waals surface area (Å²) in [5.41, 5.74) is 1.80. The topological polar surface area (TPSA) is 96.0 Å². The van der Waals surface area contributed by atoms with Crippen LogP contribution in [0.5, 0.6) is 5.75 Å². The van der Waals surface area contributed by atoms with Gasteiger partial charge in [0.2, 0.25) is 11.8 Å². The van der Waals surface area contributed by atoms with Gasteiger partial charge in [-0.1, -0.05) is 68.3 Å². The van der Waals surface area contributed by atoms with E-state index in [9.17, 15) is 18.0 Å². The zero-order chi connectivity index (χ0) is 30.0. The monoisotopic (exact) mass is 599 g/mol. The summed E-state index contributed by atoms with van der Waals surface area (Å²) >= 11 is 6.38.